The van der Waals surface area contributed by atoms with Gasteiger partial charge in [-0.2, -0.15) is 0 Å². The van der Waals surface area contributed by atoms with Gasteiger partial charge >= 0.3 is 0 Å². The number of morpholine rings is 1. The smallest absolute Gasteiger partial charge is 0.251 e. The number of amides is 2. The largest absolute Gasteiger partial charge is 0.370 e. The first-order valence-electron chi connectivity index (χ1n) is 10.4. The lowest BCUT2D eigenvalue weighted by molar-refractivity contribution is -0.139. The normalized spacial score (nSPS) is 16.4. The molecular weight excluding hydrogens is 376 g/mol. The van der Waals surface area contributed by atoms with E-state index >= 15 is 0 Å². The van der Waals surface area contributed by atoms with Crippen molar-refractivity contribution in [2.75, 3.05) is 26.2 Å². The molecule has 4 rings (SSSR count). The lowest BCUT2D eigenvalue weighted by Gasteiger charge is -2.33. The molecule has 1 unspecified atom stereocenters. The highest BCUT2D eigenvalue weighted by Crippen LogP contribution is 2.22. The number of ether oxygens (including phenoxy) is 1. The zero-order chi connectivity index (χ0) is 20.8. The third-order valence-electron chi connectivity index (χ3n) is 5.46. The van der Waals surface area contributed by atoms with Crippen LogP contribution in [0.2, 0.25) is 0 Å². The van der Waals surface area contributed by atoms with E-state index in [0.29, 0.717) is 44.6 Å². The molecule has 3 aromatic carbocycles. The molecule has 1 atom stereocenters. The molecule has 2 amide bonds. The topological polar surface area (TPSA) is 58.6 Å². The van der Waals surface area contributed by atoms with Gasteiger partial charge in [0.1, 0.15) is 6.10 Å². The van der Waals surface area contributed by atoms with Gasteiger partial charge in [0.25, 0.3) is 5.91 Å². The molecule has 1 aliphatic rings. The molecule has 5 heteroatoms. The second kappa shape index (κ2) is 9.55. The van der Waals surface area contributed by atoms with E-state index < -0.39 is 0 Å². The highest BCUT2D eigenvalue weighted by atomic mass is 16.5. The van der Waals surface area contributed by atoms with E-state index in [1.54, 1.807) is 0 Å². The van der Waals surface area contributed by atoms with Crippen LogP contribution in [0.1, 0.15) is 34.9 Å². The van der Waals surface area contributed by atoms with Crippen LogP contribution in [0.5, 0.6) is 0 Å². The summed E-state index contributed by atoms with van der Waals surface area (Å²) in [6.45, 7) is 2.21. The molecule has 1 saturated heterocycles. The van der Waals surface area contributed by atoms with Gasteiger partial charge in [-0.25, -0.2) is 0 Å². The summed E-state index contributed by atoms with van der Waals surface area (Å²) in [4.78, 5) is 26.9. The molecular formula is C25H26N2O3. The third kappa shape index (κ3) is 4.86. The molecule has 30 heavy (non-hydrogen) atoms. The van der Waals surface area contributed by atoms with Crippen molar-refractivity contribution in [1.82, 2.24) is 10.2 Å². The second-order valence-electron chi connectivity index (χ2n) is 7.53. The molecule has 0 spiro atoms. The second-order valence-corrected chi connectivity index (χ2v) is 7.53. The van der Waals surface area contributed by atoms with Crippen molar-refractivity contribution >= 4 is 22.6 Å². The highest BCUT2D eigenvalue weighted by Gasteiger charge is 2.24. The first-order chi connectivity index (χ1) is 14.7. The van der Waals surface area contributed by atoms with Crippen molar-refractivity contribution in [2.24, 2.45) is 0 Å². The minimum atomic E-state index is -0.108. The van der Waals surface area contributed by atoms with Gasteiger partial charge in [0.15, 0.2) is 0 Å². The van der Waals surface area contributed by atoms with Crippen LogP contribution in [0, 0.1) is 0 Å². The van der Waals surface area contributed by atoms with Gasteiger partial charge in [0.2, 0.25) is 5.91 Å². The van der Waals surface area contributed by atoms with Crippen LogP contribution >= 0.6 is 0 Å². The van der Waals surface area contributed by atoms with Crippen LogP contribution in [0.25, 0.3) is 10.8 Å². The fourth-order valence-electron chi connectivity index (χ4n) is 3.78. The lowest BCUT2D eigenvalue weighted by atomic mass is 10.1. The van der Waals surface area contributed by atoms with Gasteiger partial charge < -0.3 is 15.0 Å². The van der Waals surface area contributed by atoms with Crippen molar-refractivity contribution in [3.63, 3.8) is 0 Å². The maximum Gasteiger partial charge on any atom is 0.251 e. The SMILES string of the molecule is O=C(NCCCC(=O)N1CCOC(c2ccccc2)C1)c1ccc2ccccc2c1. The van der Waals surface area contributed by atoms with E-state index in [9.17, 15) is 9.59 Å². The monoisotopic (exact) mass is 402 g/mol. The Labute approximate surface area is 176 Å². The van der Waals surface area contributed by atoms with E-state index in [2.05, 4.69) is 5.32 Å². The molecule has 0 aliphatic carbocycles. The number of fused-ring (bicyclic) bond motifs is 1. The Kier molecular flexibility index (Phi) is 6.40. The minimum Gasteiger partial charge on any atom is -0.370 e. The lowest BCUT2D eigenvalue weighted by Crippen LogP contribution is -2.42. The van der Waals surface area contributed by atoms with Gasteiger partial charge in [0, 0.05) is 25.1 Å². The van der Waals surface area contributed by atoms with E-state index in [1.807, 2.05) is 77.7 Å². The van der Waals surface area contributed by atoms with Crippen LogP contribution in [0.15, 0.2) is 72.8 Å². The van der Waals surface area contributed by atoms with Gasteiger partial charge in [-0.1, -0.05) is 60.7 Å². The fraction of sp³-hybridized carbons (Fsp3) is 0.280. The Balaban J connectivity index is 1.23. The number of carbonyl (C=O) groups excluding carboxylic acids is 2. The number of nitrogens with zero attached hydrogens (tertiary/aromatic N) is 1. The van der Waals surface area contributed by atoms with Gasteiger partial charge in [-0.3, -0.25) is 9.59 Å². The average Bonchev–Trinajstić information content (AvgIpc) is 2.82. The van der Waals surface area contributed by atoms with Crippen molar-refractivity contribution in [3.8, 4) is 0 Å². The number of hydrogen-bond donors (Lipinski definition) is 1. The number of rotatable bonds is 6. The molecule has 154 valence electrons. The summed E-state index contributed by atoms with van der Waals surface area (Å²) >= 11 is 0. The summed E-state index contributed by atoms with van der Waals surface area (Å²) in [6, 6.07) is 23.6. The van der Waals surface area contributed by atoms with Crippen LogP contribution < -0.4 is 5.32 Å². The summed E-state index contributed by atoms with van der Waals surface area (Å²) in [5.41, 5.74) is 1.73. The Morgan fingerprint density at radius 2 is 1.73 bits per heavy atom. The minimum absolute atomic E-state index is 0.0727. The maximum atomic E-state index is 12.6. The quantitative estimate of drug-likeness (QED) is 0.635. The Morgan fingerprint density at radius 1 is 0.967 bits per heavy atom. The van der Waals surface area contributed by atoms with Crippen molar-refractivity contribution in [3.05, 3.63) is 83.9 Å². The van der Waals surface area contributed by atoms with Crippen molar-refractivity contribution < 1.29 is 14.3 Å². The number of nitrogens with one attached hydrogen (secondary N) is 1. The number of benzene rings is 3. The molecule has 1 N–H and O–H groups in total. The standard InChI is InChI=1S/C25H26N2O3/c28-24(27-15-16-30-23(18-27)20-8-2-1-3-9-20)11-6-14-26-25(29)22-13-12-19-7-4-5-10-21(19)17-22/h1-5,7-10,12-13,17,23H,6,11,14-16,18H2,(H,26,29). The summed E-state index contributed by atoms with van der Waals surface area (Å²) in [6.07, 6.45) is 0.960. The average molecular weight is 402 g/mol. The molecule has 0 bridgehead atoms. The van der Waals surface area contributed by atoms with Crippen molar-refractivity contribution in [2.45, 2.75) is 18.9 Å². The fourth-order valence-corrected chi connectivity index (χ4v) is 3.78. The summed E-state index contributed by atoms with van der Waals surface area (Å²) in [7, 11) is 0. The molecule has 1 heterocycles. The molecule has 1 aliphatic heterocycles. The molecule has 3 aromatic rings. The van der Waals surface area contributed by atoms with Crippen LogP contribution in [0.4, 0.5) is 0 Å². The molecule has 1 fully saturated rings. The van der Waals surface area contributed by atoms with Gasteiger partial charge in [-0.05, 0) is 34.9 Å². The van der Waals surface area contributed by atoms with Gasteiger partial charge in [0.05, 0.1) is 13.2 Å². The maximum absolute atomic E-state index is 12.6. The zero-order valence-electron chi connectivity index (χ0n) is 16.9. The molecule has 5 nitrogen and oxygen atoms in total. The van der Waals surface area contributed by atoms with E-state index in [-0.39, 0.29) is 17.9 Å². The van der Waals surface area contributed by atoms with E-state index in [1.165, 1.54) is 0 Å². The molecule has 0 saturated carbocycles. The highest BCUT2D eigenvalue weighted by molar-refractivity contribution is 5.98. The first-order valence-corrected chi connectivity index (χ1v) is 10.4. The number of hydrogen-bond acceptors (Lipinski definition) is 3. The predicted molar refractivity (Wildman–Crippen MR) is 117 cm³/mol. The number of carbonyl (C=O) groups is 2. The Bertz CT molecular complexity index is 1020. The van der Waals surface area contributed by atoms with Crippen LogP contribution in [0.3, 0.4) is 0 Å². The Morgan fingerprint density at radius 3 is 2.57 bits per heavy atom. The summed E-state index contributed by atoms with van der Waals surface area (Å²) in [5, 5.41) is 5.07. The van der Waals surface area contributed by atoms with E-state index in [0.717, 1.165) is 16.3 Å². The molecule has 0 aromatic heterocycles. The summed E-state index contributed by atoms with van der Waals surface area (Å²) in [5.74, 6) is 0.00269. The third-order valence-corrected chi connectivity index (χ3v) is 5.46. The first kappa shape index (κ1) is 20.1. The van der Waals surface area contributed by atoms with Crippen LogP contribution in [-0.4, -0.2) is 43.0 Å². The van der Waals surface area contributed by atoms with Crippen LogP contribution in [-0.2, 0) is 9.53 Å². The Hall–Kier alpha value is -3.18. The summed E-state index contributed by atoms with van der Waals surface area (Å²) < 4.78 is 5.83. The van der Waals surface area contributed by atoms with Crippen molar-refractivity contribution in [1.29, 1.82) is 0 Å². The van der Waals surface area contributed by atoms with E-state index in [4.69, 9.17) is 4.74 Å². The van der Waals surface area contributed by atoms with Gasteiger partial charge in [-0.15, -0.1) is 0 Å². The predicted octanol–water partition coefficient (Wildman–Crippen LogP) is 3.95. The molecule has 0 radical (unpaired) electrons. The zero-order valence-corrected chi connectivity index (χ0v) is 16.9.